The van der Waals surface area contributed by atoms with Gasteiger partial charge in [0.2, 0.25) is 0 Å². The Kier molecular flexibility index (Phi) is 4.14. The first-order valence-corrected chi connectivity index (χ1v) is 5.83. The monoisotopic (exact) mass is 196 g/mol. The molecule has 2 nitrogen and oxygen atoms in total. The fourth-order valence-corrected chi connectivity index (χ4v) is 2.82. The van der Waals surface area contributed by atoms with Crippen LogP contribution in [0.4, 0.5) is 0 Å². The van der Waals surface area contributed by atoms with E-state index in [-0.39, 0.29) is 0 Å². The highest BCUT2D eigenvalue weighted by atomic mass is 15.3. The Labute approximate surface area is 88.4 Å². The van der Waals surface area contributed by atoms with Crippen molar-refractivity contribution in [3.63, 3.8) is 0 Å². The molecular weight excluding hydrogens is 172 g/mol. The van der Waals surface area contributed by atoms with E-state index in [2.05, 4.69) is 16.8 Å². The summed E-state index contributed by atoms with van der Waals surface area (Å²) in [6.45, 7) is 11.6. The van der Waals surface area contributed by atoms with Gasteiger partial charge >= 0.3 is 0 Å². The largest absolute Gasteiger partial charge is 0.318 e. The minimum Gasteiger partial charge on any atom is -0.318 e. The summed E-state index contributed by atoms with van der Waals surface area (Å²) in [7, 11) is 2.05. The van der Waals surface area contributed by atoms with Gasteiger partial charge in [0.25, 0.3) is 0 Å². The molecule has 0 radical (unpaired) electrons. The number of likely N-dealkylation sites (N-methyl/N-ethyl adjacent to an activating group) is 1. The quantitative estimate of drug-likeness (QED) is 0.680. The highest BCUT2D eigenvalue weighted by Gasteiger charge is 2.44. The van der Waals surface area contributed by atoms with Crippen LogP contribution in [0.5, 0.6) is 0 Å². The van der Waals surface area contributed by atoms with Crippen LogP contribution in [0.3, 0.4) is 0 Å². The summed E-state index contributed by atoms with van der Waals surface area (Å²) in [4.78, 5) is 2.60. The van der Waals surface area contributed by atoms with E-state index in [9.17, 15) is 0 Å². The Morgan fingerprint density at radius 3 is 2.86 bits per heavy atom. The van der Waals surface area contributed by atoms with Crippen LogP contribution < -0.4 is 5.32 Å². The highest BCUT2D eigenvalue weighted by molar-refractivity contribution is 5.18. The number of hydrogen-bond acceptors (Lipinski definition) is 2. The van der Waals surface area contributed by atoms with Crippen molar-refractivity contribution in [3.8, 4) is 0 Å². The van der Waals surface area contributed by atoms with Gasteiger partial charge in [0.15, 0.2) is 0 Å². The van der Waals surface area contributed by atoms with Crippen molar-refractivity contribution >= 4 is 0 Å². The lowest BCUT2D eigenvalue weighted by Crippen LogP contribution is -2.45. The van der Waals surface area contributed by atoms with Crippen LogP contribution in [0, 0.1) is 0 Å². The third kappa shape index (κ3) is 2.01. The van der Waals surface area contributed by atoms with E-state index in [1.165, 1.54) is 31.4 Å². The Bertz CT molecular complexity index is 200. The van der Waals surface area contributed by atoms with Gasteiger partial charge in [-0.15, -0.1) is 0 Å². The molecule has 1 atom stereocenters. The van der Waals surface area contributed by atoms with Gasteiger partial charge in [-0.25, -0.2) is 0 Å². The summed E-state index contributed by atoms with van der Waals surface area (Å²) in [5.74, 6) is 0. The van der Waals surface area contributed by atoms with E-state index in [1.54, 1.807) is 0 Å². The molecular formula is C12H24N2. The molecule has 2 heteroatoms. The fourth-order valence-electron chi connectivity index (χ4n) is 2.82. The van der Waals surface area contributed by atoms with Crippen LogP contribution in [-0.2, 0) is 0 Å². The lowest BCUT2D eigenvalue weighted by Gasteiger charge is -2.31. The first-order valence-electron chi connectivity index (χ1n) is 5.83. The van der Waals surface area contributed by atoms with Gasteiger partial charge in [0.05, 0.1) is 0 Å². The third-order valence-corrected chi connectivity index (χ3v) is 3.24. The molecule has 2 fully saturated rings. The minimum atomic E-state index is 0.450. The fraction of sp³-hybridized carbons (Fsp3) is 0.833. The van der Waals surface area contributed by atoms with E-state index < -0.39 is 0 Å². The molecule has 0 bridgehead atoms. The molecule has 2 rings (SSSR count). The minimum absolute atomic E-state index is 0.450. The molecule has 1 unspecified atom stereocenters. The second-order valence-corrected chi connectivity index (χ2v) is 4.21. The third-order valence-electron chi connectivity index (χ3n) is 3.24. The van der Waals surface area contributed by atoms with E-state index in [0.717, 1.165) is 13.1 Å². The first-order chi connectivity index (χ1) is 6.77. The van der Waals surface area contributed by atoms with Crippen LogP contribution in [0.2, 0.25) is 0 Å². The lowest BCUT2D eigenvalue weighted by atomic mass is 9.93. The van der Waals surface area contributed by atoms with Gasteiger partial charge in [0, 0.05) is 18.6 Å². The standard InChI is InChI=1S/C10H18N2.C2H6/c1-9-6-10(8-11-2)4-3-5-12(10)7-9;1-2/h11H,1,3-8H2,2H3;1-2H3. The Morgan fingerprint density at radius 2 is 2.21 bits per heavy atom. The molecule has 0 aromatic carbocycles. The summed E-state index contributed by atoms with van der Waals surface area (Å²) in [5.41, 5.74) is 1.87. The van der Waals surface area contributed by atoms with E-state index in [0.29, 0.717) is 5.54 Å². The van der Waals surface area contributed by atoms with Crippen LogP contribution in [0.1, 0.15) is 33.1 Å². The molecule has 1 N–H and O–H groups in total. The Balaban J connectivity index is 0.000000461. The average Bonchev–Trinajstić information content (AvgIpc) is 2.64. The van der Waals surface area contributed by atoms with E-state index in [4.69, 9.17) is 0 Å². The molecule has 2 saturated heterocycles. The summed E-state index contributed by atoms with van der Waals surface area (Å²) in [6.07, 6.45) is 3.94. The number of nitrogens with zero attached hydrogens (tertiary/aromatic N) is 1. The van der Waals surface area contributed by atoms with Crippen molar-refractivity contribution in [2.45, 2.75) is 38.6 Å². The molecule has 2 heterocycles. The molecule has 82 valence electrons. The van der Waals surface area contributed by atoms with Gasteiger partial charge in [-0.1, -0.05) is 26.0 Å². The van der Waals surface area contributed by atoms with E-state index in [1.807, 2.05) is 20.9 Å². The maximum Gasteiger partial charge on any atom is 0.0375 e. The lowest BCUT2D eigenvalue weighted by molar-refractivity contribution is 0.193. The number of nitrogens with one attached hydrogen (secondary N) is 1. The van der Waals surface area contributed by atoms with Gasteiger partial charge < -0.3 is 5.32 Å². The van der Waals surface area contributed by atoms with Gasteiger partial charge in [-0.3, -0.25) is 4.90 Å². The van der Waals surface area contributed by atoms with E-state index >= 15 is 0 Å². The predicted octanol–water partition coefficient (Wildman–Crippen LogP) is 2.03. The predicted molar refractivity (Wildman–Crippen MR) is 62.6 cm³/mol. The van der Waals surface area contributed by atoms with Gasteiger partial charge in [-0.2, -0.15) is 0 Å². The second kappa shape index (κ2) is 4.94. The number of hydrogen-bond donors (Lipinski definition) is 1. The zero-order chi connectivity index (χ0) is 10.6. The number of fused-ring (bicyclic) bond motifs is 1. The maximum absolute atomic E-state index is 4.09. The maximum atomic E-state index is 4.09. The van der Waals surface area contributed by atoms with Crippen LogP contribution in [0.15, 0.2) is 12.2 Å². The van der Waals surface area contributed by atoms with Crippen molar-refractivity contribution in [2.24, 2.45) is 0 Å². The molecule has 0 aromatic rings. The van der Waals surface area contributed by atoms with Crippen molar-refractivity contribution in [1.29, 1.82) is 0 Å². The SMILES string of the molecule is C=C1CN2CCCC2(CNC)C1.CC. The molecule has 0 saturated carbocycles. The summed E-state index contributed by atoms with van der Waals surface area (Å²) < 4.78 is 0. The molecule has 0 spiro atoms. The summed E-state index contributed by atoms with van der Waals surface area (Å²) in [6, 6.07) is 0. The van der Waals surface area contributed by atoms with Crippen molar-refractivity contribution in [1.82, 2.24) is 10.2 Å². The van der Waals surface area contributed by atoms with Crippen molar-refractivity contribution in [3.05, 3.63) is 12.2 Å². The molecule has 2 aliphatic rings. The molecule has 2 aliphatic heterocycles. The zero-order valence-corrected chi connectivity index (χ0v) is 9.90. The van der Waals surface area contributed by atoms with Crippen LogP contribution >= 0.6 is 0 Å². The smallest absolute Gasteiger partial charge is 0.0375 e. The molecule has 14 heavy (non-hydrogen) atoms. The topological polar surface area (TPSA) is 15.3 Å². The summed E-state index contributed by atoms with van der Waals surface area (Å²) >= 11 is 0. The molecule has 0 amide bonds. The van der Waals surface area contributed by atoms with Crippen molar-refractivity contribution < 1.29 is 0 Å². The Hall–Kier alpha value is -0.340. The first kappa shape index (κ1) is 11.7. The average molecular weight is 196 g/mol. The van der Waals surface area contributed by atoms with Crippen molar-refractivity contribution in [2.75, 3.05) is 26.7 Å². The zero-order valence-electron chi connectivity index (χ0n) is 9.90. The Morgan fingerprint density at radius 1 is 1.50 bits per heavy atom. The molecule has 0 aromatic heterocycles. The van der Waals surface area contributed by atoms with Crippen LogP contribution in [0.25, 0.3) is 0 Å². The second-order valence-electron chi connectivity index (χ2n) is 4.21. The number of rotatable bonds is 2. The normalized spacial score (nSPS) is 31.2. The summed E-state index contributed by atoms with van der Waals surface area (Å²) in [5, 5.41) is 3.31. The van der Waals surface area contributed by atoms with Gasteiger partial charge in [-0.05, 0) is 32.9 Å². The highest BCUT2D eigenvalue weighted by Crippen LogP contribution is 2.39. The molecule has 0 aliphatic carbocycles. The van der Waals surface area contributed by atoms with Gasteiger partial charge in [0.1, 0.15) is 0 Å². The van der Waals surface area contributed by atoms with Crippen LogP contribution in [-0.4, -0.2) is 37.1 Å².